The van der Waals surface area contributed by atoms with Crippen molar-refractivity contribution in [2.75, 3.05) is 20.3 Å². The Bertz CT molecular complexity index is 717. The number of hydrogen-bond acceptors (Lipinski definition) is 5. The summed E-state index contributed by atoms with van der Waals surface area (Å²) in [6.45, 7) is 1.84. The van der Waals surface area contributed by atoms with Crippen molar-refractivity contribution in [3.8, 4) is 0 Å². The third-order valence-electron chi connectivity index (χ3n) is 4.48. The summed E-state index contributed by atoms with van der Waals surface area (Å²) in [7, 11) is 1.16. The molecule has 0 saturated carbocycles. The molecule has 1 heterocycles. The quantitative estimate of drug-likeness (QED) is 0.441. The molecule has 1 saturated heterocycles. The highest BCUT2D eigenvalue weighted by atomic mass is 19.2. The lowest BCUT2D eigenvalue weighted by Crippen LogP contribution is -2.43. The number of rotatable bonds is 5. The molecule has 1 aliphatic heterocycles. The Balaban J connectivity index is 2.27. The zero-order valence-electron chi connectivity index (χ0n) is 15.0. The Morgan fingerprint density at radius 2 is 1.81 bits per heavy atom. The molecule has 0 N–H and O–H groups in total. The van der Waals surface area contributed by atoms with Gasteiger partial charge in [-0.15, -0.1) is 0 Å². The molecule has 2 atom stereocenters. The van der Waals surface area contributed by atoms with Gasteiger partial charge in [0.2, 0.25) is 0 Å². The molecule has 0 aromatic heterocycles. The van der Waals surface area contributed by atoms with Crippen LogP contribution in [0.25, 0.3) is 0 Å². The van der Waals surface area contributed by atoms with E-state index in [1.807, 2.05) is 0 Å². The number of piperidine rings is 1. The summed E-state index contributed by atoms with van der Waals surface area (Å²) >= 11 is 0. The maximum absolute atomic E-state index is 13.6. The van der Waals surface area contributed by atoms with Crippen molar-refractivity contribution in [1.29, 1.82) is 0 Å². The van der Waals surface area contributed by atoms with Gasteiger partial charge in [0, 0.05) is 12.5 Å². The molecule has 1 amide bonds. The molecule has 1 aromatic carbocycles. The Hall–Kier alpha value is -2.58. The van der Waals surface area contributed by atoms with Crippen molar-refractivity contribution in [2.45, 2.75) is 32.2 Å². The summed E-state index contributed by atoms with van der Waals surface area (Å²) in [4.78, 5) is 37.1. The van der Waals surface area contributed by atoms with Crippen LogP contribution in [-0.2, 0) is 19.1 Å². The predicted molar refractivity (Wildman–Crippen MR) is 87.1 cm³/mol. The van der Waals surface area contributed by atoms with Gasteiger partial charge in [-0.1, -0.05) is 0 Å². The number of methoxy groups -OCH3 is 1. The van der Waals surface area contributed by atoms with E-state index in [2.05, 4.69) is 4.74 Å². The second-order valence-corrected chi connectivity index (χ2v) is 6.15. The molecule has 2 unspecified atom stereocenters. The summed E-state index contributed by atoms with van der Waals surface area (Å²) < 4.78 is 50.0. The first-order valence-corrected chi connectivity index (χ1v) is 8.45. The van der Waals surface area contributed by atoms with Gasteiger partial charge in [-0.25, -0.2) is 18.0 Å². The lowest BCUT2D eigenvalue weighted by molar-refractivity contribution is -0.146. The highest BCUT2D eigenvalue weighted by Crippen LogP contribution is 2.36. The van der Waals surface area contributed by atoms with Gasteiger partial charge in [-0.05, 0) is 37.5 Å². The first-order chi connectivity index (χ1) is 12.8. The lowest BCUT2D eigenvalue weighted by Gasteiger charge is -2.38. The minimum Gasteiger partial charge on any atom is -0.466 e. The molecule has 0 bridgehead atoms. The molecule has 1 aromatic rings. The predicted octanol–water partition coefficient (Wildman–Crippen LogP) is 3.15. The van der Waals surface area contributed by atoms with Gasteiger partial charge >= 0.3 is 12.1 Å². The number of carbonyl (C=O) groups excluding carboxylic acids is 3. The molecule has 1 aliphatic rings. The van der Waals surface area contributed by atoms with Gasteiger partial charge in [0.25, 0.3) is 0 Å². The molecule has 6 nitrogen and oxygen atoms in total. The largest absolute Gasteiger partial charge is 0.466 e. The third-order valence-corrected chi connectivity index (χ3v) is 4.48. The first kappa shape index (κ1) is 20.7. The maximum Gasteiger partial charge on any atom is 0.409 e. The van der Waals surface area contributed by atoms with Gasteiger partial charge in [0.1, 0.15) is 12.2 Å². The standard InChI is InChI=1S/C18H20F3NO5/c1-3-27-16(24)9-15(23)10-4-5-22(18(25)26-2)14(8-10)11-6-12(19)17(21)13(20)7-11/h6-7,10,14H,3-5,8-9H2,1-2H3. The minimum atomic E-state index is -1.62. The summed E-state index contributed by atoms with van der Waals surface area (Å²) in [6, 6.07) is 0.681. The smallest absolute Gasteiger partial charge is 0.409 e. The number of benzene rings is 1. The second kappa shape index (κ2) is 8.88. The zero-order chi connectivity index (χ0) is 20.1. The number of ketones is 1. The Morgan fingerprint density at radius 3 is 2.37 bits per heavy atom. The van der Waals surface area contributed by atoms with Crippen LogP contribution in [0.15, 0.2) is 12.1 Å². The third kappa shape index (κ3) is 4.78. The van der Waals surface area contributed by atoms with E-state index in [-0.39, 0.29) is 37.3 Å². The fourth-order valence-electron chi connectivity index (χ4n) is 3.18. The molecule has 0 radical (unpaired) electrons. The SMILES string of the molecule is CCOC(=O)CC(=O)C1CCN(C(=O)OC)C(c2cc(F)c(F)c(F)c2)C1. The molecule has 9 heteroatoms. The topological polar surface area (TPSA) is 72.9 Å². The van der Waals surface area contributed by atoms with Gasteiger partial charge in [0.05, 0.1) is 19.8 Å². The van der Waals surface area contributed by atoms with Crippen LogP contribution in [0.3, 0.4) is 0 Å². The van der Waals surface area contributed by atoms with E-state index in [1.54, 1.807) is 6.92 Å². The molecular formula is C18H20F3NO5. The van der Waals surface area contributed by atoms with Crippen molar-refractivity contribution in [3.63, 3.8) is 0 Å². The fourth-order valence-corrected chi connectivity index (χ4v) is 3.18. The fraction of sp³-hybridized carbons (Fsp3) is 0.500. The average molecular weight is 387 g/mol. The van der Waals surface area contributed by atoms with E-state index < -0.39 is 47.9 Å². The van der Waals surface area contributed by atoms with Crippen LogP contribution >= 0.6 is 0 Å². The van der Waals surface area contributed by atoms with Crippen LogP contribution in [0.4, 0.5) is 18.0 Å². The summed E-state index contributed by atoms with van der Waals surface area (Å²) in [5.41, 5.74) is 0.00503. The van der Waals surface area contributed by atoms with E-state index in [4.69, 9.17) is 4.74 Å². The van der Waals surface area contributed by atoms with Gasteiger partial charge < -0.3 is 14.4 Å². The van der Waals surface area contributed by atoms with Crippen molar-refractivity contribution < 1.29 is 37.0 Å². The van der Waals surface area contributed by atoms with Crippen molar-refractivity contribution in [1.82, 2.24) is 4.90 Å². The normalized spacial score (nSPS) is 19.5. The number of hydrogen-bond donors (Lipinski definition) is 0. The van der Waals surface area contributed by atoms with Crippen LogP contribution in [-0.4, -0.2) is 43.0 Å². The molecule has 0 aliphatic carbocycles. The number of amides is 1. The Labute approximate surface area is 154 Å². The summed E-state index contributed by atoms with van der Waals surface area (Å²) in [5, 5.41) is 0. The van der Waals surface area contributed by atoms with E-state index in [1.165, 1.54) is 4.90 Å². The highest BCUT2D eigenvalue weighted by Gasteiger charge is 2.37. The Kier molecular flexibility index (Phi) is 6.81. The average Bonchev–Trinajstić information content (AvgIpc) is 2.64. The van der Waals surface area contributed by atoms with Crippen LogP contribution in [0.1, 0.15) is 37.8 Å². The number of Topliss-reactive ketones (excluding diaryl/α,β-unsaturated/α-hetero) is 1. The second-order valence-electron chi connectivity index (χ2n) is 6.15. The summed E-state index contributed by atoms with van der Waals surface area (Å²) in [6.07, 6.45) is -0.870. The van der Waals surface area contributed by atoms with Crippen molar-refractivity contribution >= 4 is 17.8 Å². The van der Waals surface area contributed by atoms with Gasteiger partial charge in [-0.3, -0.25) is 9.59 Å². The first-order valence-electron chi connectivity index (χ1n) is 8.45. The highest BCUT2D eigenvalue weighted by molar-refractivity contribution is 5.97. The van der Waals surface area contributed by atoms with E-state index in [9.17, 15) is 27.6 Å². The number of esters is 1. The lowest BCUT2D eigenvalue weighted by atomic mass is 9.84. The Morgan fingerprint density at radius 1 is 1.19 bits per heavy atom. The van der Waals surface area contributed by atoms with Crippen LogP contribution < -0.4 is 0 Å². The number of ether oxygens (including phenoxy) is 2. The van der Waals surface area contributed by atoms with Gasteiger partial charge in [-0.2, -0.15) is 0 Å². The zero-order valence-corrected chi connectivity index (χ0v) is 15.0. The minimum absolute atomic E-state index is 0.00503. The number of carbonyl (C=O) groups is 3. The van der Waals surface area contributed by atoms with Crippen molar-refractivity contribution in [3.05, 3.63) is 35.1 Å². The molecule has 0 spiro atoms. The number of halogens is 3. The van der Waals surface area contributed by atoms with E-state index >= 15 is 0 Å². The molecule has 2 rings (SSSR count). The van der Waals surface area contributed by atoms with Crippen molar-refractivity contribution in [2.24, 2.45) is 5.92 Å². The molecule has 148 valence electrons. The maximum atomic E-state index is 13.6. The number of nitrogens with zero attached hydrogens (tertiary/aromatic N) is 1. The van der Waals surface area contributed by atoms with E-state index in [0.29, 0.717) is 0 Å². The van der Waals surface area contributed by atoms with Gasteiger partial charge in [0.15, 0.2) is 17.5 Å². The molecule has 1 fully saturated rings. The van der Waals surface area contributed by atoms with Crippen LogP contribution in [0.2, 0.25) is 0 Å². The van der Waals surface area contributed by atoms with E-state index in [0.717, 1.165) is 19.2 Å². The number of likely N-dealkylation sites (tertiary alicyclic amines) is 1. The van der Waals surface area contributed by atoms with Crippen LogP contribution in [0, 0.1) is 23.4 Å². The van der Waals surface area contributed by atoms with Crippen LogP contribution in [0.5, 0.6) is 0 Å². The summed E-state index contributed by atoms with van der Waals surface area (Å²) in [5.74, 6) is -6.06. The molecular weight excluding hydrogens is 367 g/mol. The monoisotopic (exact) mass is 387 g/mol. The molecule has 27 heavy (non-hydrogen) atoms.